The van der Waals surface area contributed by atoms with Crippen LogP contribution in [0.1, 0.15) is 22.7 Å². The zero-order valence-electron chi connectivity index (χ0n) is 12.0. The number of fused-ring (bicyclic) bond motifs is 1. The molecule has 0 aliphatic carbocycles. The van der Waals surface area contributed by atoms with Crippen molar-refractivity contribution in [1.82, 2.24) is 4.98 Å². The molecule has 0 radical (unpaired) electrons. The maximum Gasteiger partial charge on any atom is 0.310 e. The number of benzene rings is 1. The number of allylic oxidation sites excluding steroid dienone is 1. The van der Waals surface area contributed by atoms with E-state index in [1.54, 1.807) is 29.7 Å². The second-order valence-corrected chi connectivity index (χ2v) is 5.79. The predicted molar refractivity (Wildman–Crippen MR) is 93.9 cm³/mol. The average Bonchev–Trinajstić information content (AvgIpc) is 3.28. The molecule has 1 aliphatic rings. The van der Waals surface area contributed by atoms with Gasteiger partial charge in [-0.05, 0) is 40.6 Å². The normalized spacial score (nSPS) is 14.9. The van der Waals surface area contributed by atoms with E-state index in [1.807, 2.05) is 47.2 Å². The molecule has 1 N–H and O–H groups in total. The maximum absolute atomic E-state index is 9.95. The van der Waals surface area contributed by atoms with Crippen molar-refractivity contribution in [3.05, 3.63) is 63.8 Å². The number of hydrogen-bond donors (Lipinski definition) is 1. The first-order valence-corrected chi connectivity index (χ1v) is 7.99. The van der Waals surface area contributed by atoms with Crippen LogP contribution in [0.5, 0.6) is 5.95 Å². The summed E-state index contributed by atoms with van der Waals surface area (Å²) in [5.41, 5.74) is 4.31. The Balaban J connectivity index is 1.64. The van der Waals surface area contributed by atoms with Crippen LogP contribution in [0.25, 0.3) is 23.8 Å². The Kier molecular flexibility index (Phi) is 3.40. The number of para-hydroxylation sites is 1. The Morgan fingerprint density at radius 1 is 1.13 bits per heavy atom. The van der Waals surface area contributed by atoms with Gasteiger partial charge in [-0.2, -0.15) is 11.3 Å². The van der Waals surface area contributed by atoms with Crippen LogP contribution in [0.3, 0.4) is 0 Å². The number of nitrogens with zero attached hydrogens (tertiary/aromatic N) is 2. The SMILES string of the molecule is Oc1oc(/C=C/c2ccsc2)nc1/C=C1\C=Nc2ccccc21. The number of rotatable bonds is 3. The molecule has 1 aromatic carbocycles. The lowest BCUT2D eigenvalue weighted by Gasteiger charge is -1.97. The molecule has 0 unspecified atom stereocenters. The molecule has 0 saturated heterocycles. The van der Waals surface area contributed by atoms with E-state index >= 15 is 0 Å². The van der Waals surface area contributed by atoms with Crippen LogP contribution >= 0.6 is 11.3 Å². The van der Waals surface area contributed by atoms with Crippen LogP contribution < -0.4 is 0 Å². The Hall–Kier alpha value is -2.92. The molecule has 0 bridgehead atoms. The second-order valence-electron chi connectivity index (χ2n) is 5.01. The topological polar surface area (TPSA) is 58.6 Å². The minimum atomic E-state index is -0.194. The number of oxazole rings is 1. The third-order valence-corrected chi connectivity index (χ3v) is 4.16. The molecule has 3 aromatic rings. The number of thiophene rings is 1. The number of aliphatic imine (C=N–C) groups is 1. The van der Waals surface area contributed by atoms with E-state index in [0.717, 1.165) is 22.4 Å². The summed E-state index contributed by atoms with van der Waals surface area (Å²) in [4.78, 5) is 8.64. The standard InChI is InChI=1S/C18H12N2O2S/c21-18-16(9-13-10-19-15-4-2-1-3-14(13)15)20-17(22-18)6-5-12-7-8-23-11-12/h1-11,21H/b6-5+,13-9+. The van der Waals surface area contributed by atoms with Crippen molar-refractivity contribution in [2.75, 3.05) is 0 Å². The van der Waals surface area contributed by atoms with Crippen molar-refractivity contribution >= 4 is 47.0 Å². The molecule has 0 fully saturated rings. The molecule has 0 atom stereocenters. The Bertz CT molecular complexity index is 934. The monoisotopic (exact) mass is 320 g/mol. The highest BCUT2D eigenvalue weighted by molar-refractivity contribution is 7.08. The summed E-state index contributed by atoms with van der Waals surface area (Å²) in [5.74, 6) is 0.170. The summed E-state index contributed by atoms with van der Waals surface area (Å²) in [5, 5.41) is 14.0. The molecule has 0 saturated carbocycles. The van der Waals surface area contributed by atoms with Crippen molar-refractivity contribution < 1.29 is 9.52 Å². The molecule has 4 nitrogen and oxygen atoms in total. The van der Waals surface area contributed by atoms with Gasteiger partial charge in [0, 0.05) is 23.4 Å². The van der Waals surface area contributed by atoms with Crippen LogP contribution in [0, 0.1) is 0 Å². The van der Waals surface area contributed by atoms with Crippen molar-refractivity contribution in [2.24, 2.45) is 4.99 Å². The van der Waals surface area contributed by atoms with Gasteiger partial charge in [0.1, 0.15) is 5.69 Å². The molecule has 112 valence electrons. The van der Waals surface area contributed by atoms with Crippen LogP contribution in [-0.2, 0) is 0 Å². The summed E-state index contributed by atoms with van der Waals surface area (Å²) < 4.78 is 5.28. The van der Waals surface area contributed by atoms with E-state index in [2.05, 4.69) is 9.98 Å². The molecule has 4 rings (SSSR count). The lowest BCUT2D eigenvalue weighted by molar-refractivity contribution is 0.328. The van der Waals surface area contributed by atoms with Gasteiger partial charge in [0.15, 0.2) is 0 Å². The lowest BCUT2D eigenvalue weighted by Crippen LogP contribution is -1.81. The van der Waals surface area contributed by atoms with Crippen molar-refractivity contribution in [3.8, 4) is 5.95 Å². The number of aromatic hydroxyl groups is 1. The lowest BCUT2D eigenvalue weighted by atomic mass is 10.1. The highest BCUT2D eigenvalue weighted by atomic mass is 32.1. The molecular weight excluding hydrogens is 308 g/mol. The predicted octanol–water partition coefficient (Wildman–Crippen LogP) is 4.87. The number of hydrogen-bond acceptors (Lipinski definition) is 5. The zero-order chi connectivity index (χ0) is 15.6. The molecule has 23 heavy (non-hydrogen) atoms. The van der Waals surface area contributed by atoms with Gasteiger partial charge in [-0.1, -0.05) is 18.2 Å². The number of aromatic nitrogens is 1. The smallest absolute Gasteiger partial charge is 0.310 e. The van der Waals surface area contributed by atoms with Gasteiger partial charge >= 0.3 is 5.95 Å². The fourth-order valence-electron chi connectivity index (χ4n) is 2.34. The highest BCUT2D eigenvalue weighted by Crippen LogP contribution is 2.33. The van der Waals surface area contributed by atoms with Crippen LogP contribution in [0.15, 0.2) is 50.5 Å². The van der Waals surface area contributed by atoms with Gasteiger partial charge in [0.05, 0.1) is 5.69 Å². The summed E-state index contributed by atoms with van der Waals surface area (Å²) in [7, 11) is 0. The third kappa shape index (κ3) is 2.74. The van der Waals surface area contributed by atoms with E-state index in [9.17, 15) is 5.11 Å². The minimum Gasteiger partial charge on any atom is -0.479 e. The fourth-order valence-corrected chi connectivity index (χ4v) is 2.97. The van der Waals surface area contributed by atoms with Crippen molar-refractivity contribution in [2.45, 2.75) is 0 Å². The highest BCUT2D eigenvalue weighted by Gasteiger charge is 2.14. The summed E-state index contributed by atoms with van der Waals surface area (Å²) >= 11 is 1.62. The van der Waals surface area contributed by atoms with E-state index < -0.39 is 0 Å². The average molecular weight is 320 g/mol. The molecule has 0 spiro atoms. The van der Waals surface area contributed by atoms with Gasteiger partial charge in [-0.3, -0.25) is 4.99 Å². The molecule has 5 heteroatoms. The van der Waals surface area contributed by atoms with Gasteiger partial charge in [0.2, 0.25) is 5.89 Å². The van der Waals surface area contributed by atoms with Crippen molar-refractivity contribution in [1.29, 1.82) is 0 Å². The van der Waals surface area contributed by atoms with Gasteiger partial charge < -0.3 is 9.52 Å². The van der Waals surface area contributed by atoms with Gasteiger partial charge in [-0.15, -0.1) is 0 Å². The van der Waals surface area contributed by atoms with Gasteiger partial charge in [-0.25, -0.2) is 4.98 Å². The Morgan fingerprint density at radius 2 is 2.04 bits per heavy atom. The summed E-state index contributed by atoms with van der Waals surface area (Å²) in [6, 6.07) is 9.84. The summed E-state index contributed by atoms with van der Waals surface area (Å²) in [6.07, 6.45) is 7.17. The van der Waals surface area contributed by atoms with Crippen LogP contribution in [0.2, 0.25) is 0 Å². The molecule has 2 aromatic heterocycles. The fraction of sp³-hybridized carbons (Fsp3) is 0. The Labute approximate surface area is 136 Å². The van der Waals surface area contributed by atoms with E-state index in [1.165, 1.54) is 0 Å². The van der Waals surface area contributed by atoms with E-state index in [-0.39, 0.29) is 5.95 Å². The van der Waals surface area contributed by atoms with E-state index in [0.29, 0.717) is 11.6 Å². The first kappa shape index (κ1) is 13.7. The maximum atomic E-state index is 9.95. The van der Waals surface area contributed by atoms with Crippen LogP contribution in [0.4, 0.5) is 5.69 Å². The second kappa shape index (κ2) is 5.70. The van der Waals surface area contributed by atoms with Crippen LogP contribution in [-0.4, -0.2) is 16.3 Å². The third-order valence-electron chi connectivity index (χ3n) is 3.46. The molecule has 3 heterocycles. The first-order chi connectivity index (χ1) is 11.3. The minimum absolute atomic E-state index is 0.194. The van der Waals surface area contributed by atoms with E-state index in [4.69, 9.17) is 4.42 Å². The zero-order valence-corrected chi connectivity index (χ0v) is 12.8. The van der Waals surface area contributed by atoms with Crippen molar-refractivity contribution in [3.63, 3.8) is 0 Å². The van der Waals surface area contributed by atoms with Gasteiger partial charge in [0.25, 0.3) is 0 Å². The molecule has 1 aliphatic heterocycles. The molecule has 0 amide bonds. The first-order valence-electron chi connectivity index (χ1n) is 7.05. The largest absolute Gasteiger partial charge is 0.479 e. The quantitative estimate of drug-likeness (QED) is 0.749. The molecular formula is C18H12N2O2S. The Morgan fingerprint density at radius 3 is 2.91 bits per heavy atom. The summed E-state index contributed by atoms with van der Waals surface area (Å²) in [6.45, 7) is 0.